The molecule has 0 heterocycles. The first-order chi connectivity index (χ1) is 9.36. The molecule has 20 heavy (non-hydrogen) atoms. The van der Waals surface area contributed by atoms with E-state index in [0.29, 0.717) is 25.0 Å². The highest BCUT2D eigenvalue weighted by atomic mass is 19.2. The van der Waals surface area contributed by atoms with E-state index < -0.39 is 39.8 Å². The molecule has 8 heteroatoms. The number of rotatable bonds is 6. The molecule has 1 aromatic rings. The molecule has 0 aromatic heterocycles. The molecule has 2 N–H and O–H groups in total. The van der Waals surface area contributed by atoms with Gasteiger partial charge in [-0.25, -0.2) is 8.78 Å². The van der Waals surface area contributed by atoms with Crippen LogP contribution in [0.1, 0.15) is 30.1 Å². The molecular weight excluding hydrogens is 274 g/mol. The minimum absolute atomic E-state index is 0.122. The zero-order chi connectivity index (χ0) is 15.3. The number of benzene rings is 1. The highest BCUT2D eigenvalue weighted by Crippen LogP contribution is 2.22. The topological polar surface area (TPSA) is 92.5 Å². The molecule has 0 spiro atoms. The lowest BCUT2D eigenvalue weighted by Gasteiger charge is -2.11. The molecule has 110 valence electrons. The van der Waals surface area contributed by atoms with Crippen molar-refractivity contribution in [2.45, 2.75) is 25.9 Å². The van der Waals surface area contributed by atoms with Gasteiger partial charge in [-0.15, -0.1) is 0 Å². The Balaban J connectivity index is 2.92. The average Bonchev–Trinajstić information content (AvgIpc) is 2.38. The molecule has 0 aliphatic rings. The molecule has 0 bridgehead atoms. The van der Waals surface area contributed by atoms with Crippen LogP contribution in [0.4, 0.5) is 14.5 Å². The van der Waals surface area contributed by atoms with E-state index >= 15 is 0 Å². The number of aliphatic hydroxyl groups is 1. The lowest BCUT2D eigenvalue weighted by Crippen LogP contribution is -2.32. The van der Waals surface area contributed by atoms with Gasteiger partial charge in [0.1, 0.15) is 5.56 Å². The summed E-state index contributed by atoms with van der Waals surface area (Å²) in [6.45, 7) is 1.72. The van der Waals surface area contributed by atoms with Gasteiger partial charge in [0.2, 0.25) is 0 Å². The molecule has 1 atom stereocenters. The quantitative estimate of drug-likeness (QED) is 0.616. The molecule has 0 aliphatic carbocycles. The number of carbonyl (C=O) groups is 1. The van der Waals surface area contributed by atoms with Gasteiger partial charge < -0.3 is 10.4 Å². The Labute approximate surface area is 113 Å². The second-order valence-corrected chi connectivity index (χ2v) is 4.19. The monoisotopic (exact) mass is 288 g/mol. The van der Waals surface area contributed by atoms with Crippen LogP contribution in [-0.2, 0) is 0 Å². The fraction of sp³-hybridized carbons (Fsp3) is 0.417. The molecule has 1 unspecified atom stereocenters. The first kappa shape index (κ1) is 16.0. The summed E-state index contributed by atoms with van der Waals surface area (Å²) in [5, 5.41) is 22.4. The van der Waals surface area contributed by atoms with Crippen molar-refractivity contribution < 1.29 is 23.6 Å². The second-order valence-electron chi connectivity index (χ2n) is 4.19. The Morgan fingerprint density at radius 2 is 2.05 bits per heavy atom. The molecule has 0 aliphatic heterocycles. The summed E-state index contributed by atoms with van der Waals surface area (Å²) in [5.74, 6) is -3.69. The van der Waals surface area contributed by atoms with Gasteiger partial charge in [-0.05, 0) is 12.5 Å². The predicted molar refractivity (Wildman–Crippen MR) is 66.3 cm³/mol. The SMILES string of the molecule is CCCC(O)CNC(=O)c1cc(F)c(F)cc1[N+](=O)[O-]. The highest BCUT2D eigenvalue weighted by molar-refractivity contribution is 5.98. The first-order valence-electron chi connectivity index (χ1n) is 5.96. The number of hydrogen-bond donors (Lipinski definition) is 2. The van der Waals surface area contributed by atoms with Crippen molar-refractivity contribution in [3.05, 3.63) is 39.4 Å². The van der Waals surface area contributed by atoms with Crippen LogP contribution in [0.3, 0.4) is 0 Å². The van der Waals surface area contributed by atoms with E-state index in [1.807, 2.05) is 6.92 Å². The fourth-order valence-corrected chi connectivity index (χ4v) is 1.61. The minimum atomic E-state index is -1.40. The Hall–Kier alpha value is -2.09. The van der Waals surface area contributed by atoms with Gasteiger partial charge in [0, 0.05) is 6.54 Å². The zero-order valence-electron chi connectivity index (χ0n) is 10.7. The van der Waals surface area contributed by atoms with Gasteiger partial charge in [0.25, 0.3) is 11.6 Å². The lowest BCUT2D eigenvalue weighted by molar-refractivity contribution is -0.385. The third-order valence-corrected chi connectivity index (χ3v) is 2.60. The molecule has 1 amide bonds. The van der Waals surface area contributed by atoms with Crippen LogP contribution in [0, 0.1) is 21.7 Å². The molecule has 6 nitrogen and oxygen atoms in total. The normalized spacial score (nSPS) is 12.0. The molecule has 0 radical (unpaired) electrons. The summed E-state index contributed by atoms with van der Waals surface area (Å²) in [6.07, 6.45) is 0.344. The molecule has 0 fully saturated rings. The Morgan fingerprint density at radius 1 is 1.45 bits per heavy atom. The van der Waals surface area contributed by atoms with Crippen molar-refractivity contribution >= 4 is 11.6 Å². The van der Waals surface area contributed by atoms with E-state index in [9.17, 15) is 28.8 Å². The number of nitrogens with one attached hydrogen (secondary N) is 1. The number of amides is 1. The van der Waals surface area contributed by atoms with Gasteiger partial charge in [-0.1, -0.05) is 13.3 Å². The van der Waals surface area contributed by atoms with Crippen molar-refractivity contribution in [3.8, 4) is 0 Å². The Kier molecular flexibility index (Phi) is 5.51. The molecule has 0 saturated heterocycles. The third-order valence-electron chi connectivity index (χ3n) is 2.60. The average molecular weight is 288 g/mol. The van der Waals surface area contributed by atoms with Gasteiger partial charge in [-0.2, -0.15) is 0 Å². The maximum atomic E-state index is 13.1. The van der Waals surface area contributed by atoms with Gasteiger partial charge >= 0.3 is 0 Å². The third kappa shape index (κ3) is 3.95. The maximum Gasteiger partial charge on any atom is 0.285 e. The van der Waals surface area contributed by atoms with Crippen LogP contribution in [0.15, 0.2) is 12.1 Å². The van der Waals surface area contributed by atoms with E-state index in [1.54, 1.807) is 0 Å². The summed E-state index contributed by atoms with van der Waals surface area (Å²) >= 11 is 0. The van der Waals surface area contributed by atoms with Crippen molar-refractivity contribution in [1.82, 2.24) is 5.32 Å². The standard InChI is InChI=1S/C12H14F2N2O4/c1-2-3-7(17)6-15-12(18)8-4-9(13)10(14)5-11(8)16(19)20/h4-5,7,17H,2-3,6H2,1H3,(H,15,18). The van der Waals surface area contributed by atoms with Gasteiger partial charge in [-0.3, -0.25) is 14.9 Å². The van der Waals surface area contributed by atoms with E-state index in [0.717, 1.165) is 0 Å². The minimum Gasteiger partial charge on any atom is -0.391 e. The maximum absolute atomic E-state index is 13.1. The largest absolute Gasteiger partial charge is 0.391 e. The van der Waals surface area contributed by atoms with Crippen molar-refractivity contribution in [1.29, 1.82) is 0 Å². The number of aliphatic hydroxyl groups excluding tert-OH is 1. The highest BCUT2D eigenvalue weighted by Gasteiger charge is 2.24. The number of nitro benzene ring substituents is 1. The second kappa shape index (κ2) is 6.90. The predicted octanol–water partition coefficient (Wildman–Crippen LogP) is 1.76. The molecule has 1 aromatic carbocycles. The number of nitro groups is 1. The zero-order valence-corrected chi connectivity index (χ0v) is 10.7. The van der Waals surface area contributed by atoms with Crippen molar-refractivity contribution in [2.75, 3.05) is 6.54 Å². The van der Waals surface area contributed by atoms with E-state index in [-0.39, 0.29) is 6.54 Å². The summed E-state index contributed by atoms with van der Waals surface area (Å²) in [7, 11) is 0. The smallest absolute Gasteiger partial charge is 0.285 e. The van der Waals surface area contributed by atoms with Gasteiger partial charge in [0.15, 0.2) is 11.6 Å². The summed E-state index contributed by atoms with van der Waals surface area (Å²) in [6, 6.07) is 0.821. The van der Waals surface area contributed by atoms with E-state index in [4.69, 9.17) is 0 Å². The lowest BCUT2D eigenvalue weighted by atomic mass is 10.1. The van der Waals surface area contributed by atoms with Crippen LogP contribution in [0.25, 0.3) is 0 Å². The van der Waals surface area contributed by atoms with Crippen molar-refractivity contribution in [2.24, 2.45) is 0 Å². The molecular formula is C12H14F2N2O4. The number of carbonyl (C=O) groups excluding carboxylic acids is 1. The summed E-state index contributed by atoms with van der Waals surface area (Å²) in [4.78, 5) is 21.5. The van der Waals surface area contributed by atoms with Crippen LogP contribution in [-0.4, -0.2) is 28.6 Å². The van der Waals surface area contributed by atoms with E-state index in [2.05, 4.69) is 5.32 Å². The Bertz CT molecular complexity index is 522. The van der Waals surface area contributed by atoms with Crippen LogP contribution in [0.5, 0.6) is 0 Å². The first-order valence-corrected chi connectivity index (χ1v) is 5.96. The number of hydrogen-bond acceptors (Lipinski definition) is 4. The summed E-state index contributed by atoms with van der Waals surface area (Å²) < 4.78 is 26.0. The summed E-state index contributed by atoms with van der Waals surface area (Å²) in [5.41, 5.74) is -1.41. The van der Waals surface area contributed by atoms with Crippen LogP contribution in [0.2, 0.25) is 0 Å². The van der Waals surface area contributed by atoms with Crippen LogP contribution < -0.4 is 5.32 Å². The number of halogens is 2. The fourth-order valence-electron chi connectivity index (χ4n) is 1.61. The van der Waals surface area contributed by atoms with Gasteiger partial charge in [0.05, 0.1) is 17.1 Å². The Morgan fingerprint density at radius 3 is 2.60 bits per heavy atom. The molecule has 1 rings (SSSR count). The number of nitrogens with zero attached hydrogens (tertiary/aromatic N) is 1. The van der Waals surface area contributed by atoms with Crippen molar-refractivity contribution in [3.63, 3.8) is 0 Å². The van der Waals surface area contributed by atoms with Crippen LogP contribution >= 0.6 is 0 Å². The molecule has 0 saturated carbocycles. The van der Waals surface area contributed by atoms with E-state index in [1.165, 1.54) is 0 Å².